The van der Waals surface area contributed by atoms with Crippen LogP contribution in [0.1, 0.15) is 30.0 Å². The van der Waals surface area contributed by atoms with E-state index >= 15 is 0 Å². The molecule has 2 rings (SSSR count). The number of rotatable bonds is 4. The zero-order valence-corrected chi connectivity index (χ0v) is 11.1. The zero-order chi connectivity index (χ0) is 14.0. The smallest absolute Gasteiger partial charge is 0.272 e. The van der Waals surface area contributed by atoms with E-state index in [1.807, 2.05) is 26.0 Å². The molecule has 1 aromatic heterocycles. The fourth-order valence-electron chi connectivity index (χ4n) is 1.96. The van der Waals surface area contributed by atoms with Gasteiger partial charge in [0.25, 0.3) is 5.69 Å². The van der Waals surface area contributed by atoms with Crippen LogP contribution in [0.5, 0.6) is 0 Å². The molecule has 0 aliphatic carbocycles. The molecule has 1 N–H and O–H groups in total. The Balaban J connectivity index is 2.15. The van der Waals surface area contributed by atoms with Crippen molar-refractivity contribution in [2.24, 2.45) is 0 Å². The van der Waals surface area contributed by atoms with E-state index in [1.54, 1.807) is 19.1 Å². The van der Waals surface area contributed by atoms with Gasteiger partial charge in [0.05, 0.1) is 11.0 Å². The molecule has 1 aromatic carbocycles. The molecule has 0 saturated carbocycles. The summed E-state index contributed by atoms with van der Waals surface area (Å²) >= 11 is 0. The van der Waals surface area contributed by atoms with E-state index in [4.69, 9.17) is 4.42 Å². The maximum atomic E-state index is 10.7. The van der Waals surface area contributed by atoms with Crippen molar-refractivity contribution in [3.63, 3.8) is 0 Å². The molecular formula is C14H16N2O3. The maximum Gasteiger partial charge on any atom is 0.272 e. The van der Waals surface area contributed by atoms with Crippen LogP contribution in [0.2, 0.25) is 0 Å². The maximum absolute atomic E-state index is 10.7. The van der Waals surface area contributed by atoms with Gasteiger partial charge in [-0.05, 0) is 45.0 Å². The highest BCUT2D eigenvalue weighted by atomic mass is 16.6. The lowest BCUT2D eigenvalue weighted by atomic mass is 10.1. The summed E-state index contributed by atoms with van der Waals surface area (Å²) in [6.45, 7) is 5.60. The van der Waals surface area contributed by atoms with E-state index in [1.165, 1.54) is 6.07 Å². The van der Waals surface area contributed by atoms with Gasteiger partial charge in [-0.2, -0.15) is 0 Å². The first-order valence-corrected chi connectivity index (χ1v) is 6.05. The van der Waals surface area contributed by atoms with Gasteiger partial charge in [0, 0.05) is 17.3 Å². The number of furan rings is 1. The normalized spacial score (nSPS) is 12.2. The van der Waals surface area contributed by atoms with Crippen molar-refractivity contribution in [3.8, 4) is 0 Å². The van der Waals surface area contributed by atoms with Crippen LogP contribution in [0.3, 0.4) is 0 Å². The lowest BCUT2D eigenvalue weighted by Crippen LogP contribution is -2.06. The molecule has 1 atom stereocenters. The fourth-order valence-corrected chi connectivity index (χ4v) is 1.96. The molecule has 1 heterocycles. The van der Waals surface area contributed by atoms with E-state index in [-0.39, 0.29) is 16.7 Å². The Kier molecular flexibility index (Phi) is 3.55. The Bertz CT molecular complexity index is 604. The quantitative estimate of drug-likeness (QED) is 0.667. The Labute approximate surface area is 111 Å². The summed E-state index contributed by atoms with van der Waals surface area (Å²) in [5.41, 5.74) is 1.61. The lowest BCUT2D eigenvalue weighted by molar-refractivity contribution is -0.385. The van der Waals surface area contributed by atoms with Crippen LogP contribution in [-0.2, 0) is 0 Å². The number of aryl methyl sites for hydroxylation is 2. The summed E-state index contributed by atoms with van der Waals surface area (Å²) in [5, 5.41) is 14.0. The summed E-state index contributed by atoms with van der Waals surface area (Å²) in [5.74, 6) is 1.71. The molecule has 0 spiro atoms. The van der Waals surface area contributed by atoms with Gasteiger partial charge in [0.2, 0.25) is 0 Å². The summed E-state index contributed by atoms with van der Waals surface area (Å²) in [6, 6.07) is 8.83. The third kappa shape index (κ3) is 2.93. The van der Waals surface area contributed by atoms with Crippen LogP contribution in [0.4, 0.5) is 11.4 Å². The first kappa shape index (κ1) is 13.1. The molecule has 0 amide bonds. The number of anilines is 1. The van der Waals surface area contributed by atoms with Crippen LogP contribution in [-0.4, -0.2) is 4.92 Å². The SMILES string of the molecule is Cc1ccc(C(C)Nc2ccc([N+](=O)[O-])c(C)c2)o1. The number of hydrogen-bond donors (Lipinski definition) is 1. The van der Waals surface area contributed by atoms with E-state index in [2.05, 4.69) is 5.32 Å². The number of nitro benzene ring substituents is 1. The van der Waals surface area contributed by atoms with E-state index in [9.17, 15) is 10.1 Å². The van der Waals surface area contributed by atoms with Crippen molar-refractivity contribution in [1.82, 2.24) is 0 Å². The van der Waals surface area contributed by atoms with Crippen LogP contribution in [0.15, 0.2) is 34.7 Å². The Morgan fingerprint density at radius 3 is 2.53 bits per heavy atom. The Morgan fingerprint density at radius 1 is 1.26 bits per heavy atom. The van der Waals surface area contributed by atoms with Gasteiger partial charge in [0.15, 0.2) is 0 Å². The van der Waals surface area contributed by atoms with Crippen LogP contribution in [0.25, 0.3) is 0 Å². The second kappa shape index (κ2) is 5.14. The number of nitrogens with zero attached hydrogens (tertiary/aromatic N) is 1. The second-order valence-electron chi connectivity index (χ2n) is 4.57. The van der Waals surface area contributed by atoms with Crippen molar-refractivity contribution < 1.29 is 9.34 Å². The highest BCUT2D eigenvalue weighted by Gasteiger charge is 2.13. The third-order valence-electron chi connectivity index (χ3n) is 2.96. The van der Waals surface area contributed by atoms with Crippen molar-refractivity contribution in [2.45, 2.75) is 26.8 Å². The van der Waals surface area contributed by atoms with Crippen LogP contribution >= 0.6 is 0 Å². The second-order valence-corrected chi connectivity index (χ2v) is 4.57. The fraction of sp³-hybridized carbons (Fsp3) is 0.286. The van der Waals surface area contributed by atoms with Crippen LogP contribution < -0.4 is 5.32 Å². The highest BCUT2D eigenvalue weighted by Crippen LogP contribution is 2.25. The molecule has 0 bridgehead atoms. The molecule has 0 aliphatic heterocycles. The topological polar surface area (TPSA) is 68.3 Å². The lowest BCUT2D eigenvalue weighted by Gasteiger charge is -2.13. The number of hydrogen-bond acceptors (Lipinski definition) is 4. The van der Waals surface area contributed by atoms with E-state index in [0.29, 0.717) is 5.56 Å². The summed E-state index contributed by atoms with van der Waals surface area (Å²) < 4.78 is 5.54. The molecule has 5 nitrogen and oxygen atoms in total. The Morgan fingerprint density at radius 2 is 2.00 bits per heavy atom. The van der Waals surface area contributed by atoms with Crippen molar-refractivity contribution in [3.05, 3.63) is 57.5 Å². The summed E-state index contributed by atoms with van der Waals surface area (Å²) in [4.78, 5) is 10.4. The first-order chi connectivity index (χ1) is 8.97. The third-order valence-corrected chi connectivity index (χ3v) is 2.96. The monoisotopic (exact) mass is 260 g/mol. The van der Waals surface area contributed by atoms with Gasteiger partial charge < -0.3 is 9.73 Å². The minimum Gasteiger partial charge on any atom is -0.464 e. The van der Waals surface area contributed by atoms with E-state index in [0.717, 1.165) is 17.2 Å². The van der Waals surface area contributed by atoms with Gasteiger partial charge in [-0.25, -0.2) is 0 Å². The molecule has 5 heteroatoms. The number of nitrogens with one attached hydrogen (secondary N) is 1. The van der Waals surface area contributed by atoms with Crippen LogP contribution in [0, 0.1) is 24.0 Å². The van der Waals surface area contributed by atoms with Crippen molar-refractivity contribution in [1.29, 1.82) is 0 Å². The molecule has 0 saturated heterocycles. The van der Waals surface area contributed by atoms with Crippen molar-refractivity contribution in [2.75, 3.05) is 5.32 Å². The number of benzene rings is 1. The molecule has 19 heavy (non-hydrogen) atoms. The van der Waals surface area contributed by atoms with Gasteiger partial charge in [-0.3, -0.25) is 10.1 Å². The van der Waals surface area contributed by atoms with E-state index < -0.39 is 0 Å². The average molecular weight is 260 g/mol. The molecule has 2 aromatic rings. The zero-order valence-electron chi connectivity index (χ0n) is 11.1. The first-order valence-electron chi connectivity index (χ1n) is 6.05. The standard InChI is InChI=1S/C14H16N2O3/c1-9-8-12(5-6-13(9)16(17)18)15-11(3)14-7-4-10(2)19-14/h4-8,11,15H,1-3H3. The molecule has 0 aliphatic rings. The van der Waals surface area contributed by atoms with Gasteiger partial charge in [-0.1, -0.05) is 0 Å². The largest absolute Gasteiger partial charge is 0.464 e. The Hall–Kier alpha value is -2.30. The minimum absolute atomic E-state index is 0.00885. The molecular weight excluding hydrogens is 244 g/mol. The summed E-state index contributed by atoms with van der Waals surface area (Å²) in [6.07, 6.45) is 0. The molecule has 1 unspecified atom stereocenters. The summed E-state index contributed by atoms with van der Waals surface area (Å²) in [7, 11) is 0. The predicted octanol–water partition coefficient (Wildman–Crippen LogP) is 3.98. The van der Waals surface area contributed by atoms with Gasteiger partial charge >= 0.3 is 0 Å². The minimum atomic E-state index is -0.377. The van der Waals surface area contributed by atoms with Gasteiger partial charge in [-0.15, -0.1) is 0 Å². The average Bonchev–Trinajstić information content (AvgIpc) is 2.75. The van der Waals surface area contributed by atoms with Crippen molar-refractivity contribution >= 4 is 11.4 Å². The number of nitro groups is 1. The predicted molar refractivity (Wildman–Crippen MR) is 73.3 cm³/mol. The molecule has 0 radical (unpaired) electrons. The molecule has 0 fully saturated rings. The molecule has 100 valence electrons. The van der Waals surface area contributed by atoms with Gasteiger partial charge in [0.1, 0.15) is 11.5 Å². The highest BCUT2D eigenvalue weighted by molar-refractivity contribution is 5.54.